The molecule has 2 rings (SSSR count). The number of ether oxygens (including phenoxy) is 1. The predicted octanol–water partition coefficient (Wildman–Crippen LogP) is 3.58. The van der Waals surface area contributed by atoms with Gasteiger partial charge in [0.15, 0.2) is 0 Å². The molecular weight excluding hydrogens is 250 g/mol. The van der Waals surface area contributed by atoms with Crippen molar-refractivity contribution in [1.29, 1.82) is 5.26 Å². The SMILES string of the molecule is Cc1ccc(CCCO)c(Oc2ccccc2C#N)c1. The van der Waals surface area contributed by atoms with Gasteiger partial charge >= 0.3 is 0 Å². The summed E-state index contributed by atoms with van der Waals surface area (Å²) >= 11 is 0. The Morgan fingerprint density at radius 2 is 1.95 bits per heavy atom. The third-order valence-electron chi connectivity index (χ3n) is 3.05. The Balaban J connectivity index is 2.32. The summed E-state index contributed by atoms with van der Waals surface area (Å²) in [5, 5.41) is 18.1. The van der Waals surface area contributed by atoms with Crippen LogP contribution in [0, 0.1) is 18.3 Å². The maximum absolute atomic E-state index is 9.10. The van der Waals surface area contributed by atoms with Gasteiger partial charge in [-0.15, -0.1) is 0 Å². The molecule has 0 spiro atoms. The van der Waals surface area contributed by atoms with Crippen LogP contribution in [0.1, 0.15) is 23.1 Å². The topological polar surface area (TPSA) is 53.2 Å². The average Bonchev–Trinajstić information content (AvgIpc) is 2.47. The number of aliphatic hydroxyl groups excluding tert-OH is 1. The van der Waals surface area contributed by atoms with Crippen LogP contribution < -0.4 is 4.74 Å². The normalized spacial score (nSPS) is 10.1. The first kappa shape index (κ1) is 14.1. The van der Waals surface area contributed by atoms with Crippen LogP contribution in [-0.2, 0) is 6.42 Å². The van der Waals surface area contributed by atoms with E-state index in [1.807, 2.05) is 37.3 Å². The van der Waals surface area contributed by atoms with Crippen molar-refractivity contribution in [2.45, 2.75) is 19.8 Å². The number of para-hydroxylation sites is 1. The number of hydrogen-bond donors (Lipinski definition) is 1. The van der Waals surface area contributed by atoms with Gasteiger partial charge in [-0.3, -0.25) is 0 Å². The second-order valence-corrected chi connectivity index (χ2v) is 4.65. The molecule has 102 valence electrons. The summed E-state index contributed by atoms with van der Waals surface area (Å²) in [6, 6.07) is 15.3. The highest BCUT2D eigenvalue weighted by Crippen LogP contribution is 2.29. The van der Waals surface area contributed by atoms with Gasteiger partial charge in [0.25, 0.3) is 0 Å². The minimum atomic E-state index is 0.155. The van der Waals surface area contributed by atoms with Gasteiger partial charge < -0.3 is 9.84 Å². The van der Waals surface area contributed by atoms with E-state index < -0.39 is 0 Å². The lowest BCUT2D eigenvalue weighted by atomic mass is 10.1. The summed E-state index contributed by atoms with van der Waals surface area (Å²) < 4.78 is 5.91. The fourth-order valence-corrected chi connectivity index (χ4v) is 2.00. The van der Waals surface area contributed by atoms with E-state index in [2.05, 4.69) is 6.07 Å². The molecule has 0 aliphatic rings. The van der Waals surface area contributed by atoms with E-state index in [0.717, 1.165) is 23.3 Å². The van der Waals surface area contributed by atoms with E-state index in [-0.39, 0.29) is 6.61 Å². The monoisotopic (exact) mass is 267 g/mol. The summed E-state index contributed by atoms with van der Waals surface area (Å²) in [4.78, 5) is 0. The first-order valence-electron chi connectivity index (χ1n) is 6.62. The molecule has 3 heteroatoms. The number of nitriles is 1. The summed E-state index contributed by atoms with van der Waals surface area (Å²) in [5.41, 5.74) is 2.65. The zero-order chi connectivity index (χ0) is 14.4. The Bertz CT molecular complexity index is 629. The summed E-state index contributed by atoms with van der Waals surface area (Å²) in [5.74, 6) is 1.31. The van der Waals surface area contributed by atoms with Gasteiger partial charge in [-0.2, -0.15) is 5.26 Å². The Morgan fingerprint density at radius 1 is 1.15 bits per heavy atom. The van der Waals surface area contributed by atoms with Crippen molar-refractivity contribution in [2.75, 3.05) is 6.61 Å². The van der Waals surface area contributed by atoms with E-state index in [0.29, 0.717) is 17.7 Å². The molecule has 0 amide bonds. The maximum Gasteiger partial charge on any atom is 0.145 e. The Morgan fingerprint density at radius 3 is 2.70 bits per heavy atom. The van der Waals surface area contributed by atoms with Crippen LogP contribution in [0.25, 0.3) is 0 Å². The van der Waals surface area contributed by atoms with Gasteiger partial charge in [0, 0.05) is 6.61 Å². The molecule has 0 saturated heterocycles. The fraction of sp³-hybridized carbons (Fsp3) is 0.235. The standard InChI is InChI=1S/C17H17NO2/c1-13-8-9-14(6-4-10-19)17(11-13)20-16-7-3-2-5-15(16)12-18/h2-3,5,7-9,11,19H,4,6,10H2,1H3. The van der Waals surface area contributed by atoms with Crippen LogP contribution in [0.2, 0.25) is 0 Å². The minimum Gasteiger partial charge on any atom is -0.456 e. The lowest BCUT2D eigenvalue weighted by Gasteiger charge is -2.12. The summed E-state index contributed by atoms with van der Waals surface area (Å²) in [6.45, 7) is 2.15. The van der Waals surface area contributed by atoms with Crippen molar-refractivity contribution in [3.8, 4) is 17.6 Å². The molecule has 20 heavy (non-hydrogen) atoms. The van der Waals surface area contributed by atoms with Crippen LogP contribution in [0.5, 0.6) is 11.5 Å². The summed E-state index contributed by atoms with van der Waals surface area (Å²) in [7, 11) is 0. The van der Waals surface area contributed by atoms with Crippen molar-refractivity contribution >= 4 is 0 Å². The minimum absolute atomic E-state index is 0.155. The van der Waals surface area contributed by atoms with Crippen molar-refractivity contribution in [2.24, 2.45) is 0 Å². The molecule has 3 nitrogen and oxygen atoms in total. The first-order chi connectivity index (χ1) is 9.74. The molecule has 0 fully saturated rings. The van der Waals surface area contributed by atoms with Crippen molar-refractivity contribution in [3.05, 3.63) is 59.2 Å². The number of rotatable bonds is 5. The van der Waals surface area contributed by atoms with Gasteiger partial charge in [-0.05, 0) is 49.1 Å². The van der Waals surface area contributed by atoms with E-state index in [4.69, 9.17) is 15.1 Å². The Kier molecular flexibility index (Phi) is 4.75. The third kappa shape index (κ3) is 3.37. The largest absolute Gasteiger partial charge is 0.456 e. The highest BCUT2D eigenvalue weighted by molar-refractivity contribution is 5.47. The molecular formula is C17H17NO2. The quantitative estimate of drug-likeness (QED) is 0.900. The van der Waals surface area contributed by atoms with Crippen molar-refractivity contribution < 1.29 is 9.84 Å². The molecule has 1 N–H and O–H groups in total. The van der Waals surface area contributed by atoms with Crippen LogP contribution in [0.15, 0.2) is 42.5 Å². The molecule has 0 atom stereocenters. The van der Waals surface area contributed by atoms with Gasteiger partial charge in [0.1, 0.15) is 17.6 Å². The molecule has 0 unspecified atom stereocenters. The number of benzene rings is 2. The zero-order valence-electron chi connectivity index (χ0n) is 11.5. The van der Waals surface area contributed by atoms with Crippen LogP contribution in [0.3, 0.4) is 0 Å². The van der Waals surface area contributed by atoms with Crippen LogP contribution in [0.4, 0.5) is 0 Å². The number of hydrogen-bond acceptors (Lipinski definition) is 3. The fourth-order valence-electron chi connectivity index (χ4n) is 2.00. The molecule has 0 saturated carbocycles. The molecule has 0 aliphatic heterocycles. The van der Waals surface area contributed by atoms with Crippen molar-refractivity contribution in [3.63, 3.8) is 0 Å². The Labute approximate surface area is 119 Å². The number of aliphatic hydroxyl groups is 1. The lowest BCUT2D eigenvalue weighted by Crippen LogP contribution is -1.96. The van der Waals surface area contributed by atoms with Gasteiger partial charge in [-0.1, -0.05) is 24.3 Å². The molecule has 0 heterocycles. The van der Waals surface area contributed by atoms with Crippen molar-refractivity contribution in [1.82, 2.24) is 0 Å². The molecule has 0 bridgehead atoms. The molecule has 0 aliphatic carbocycles. The second-order valence-electron chi connectivity index (χ2n) is 4.65. The van der Waals surface area contributed by atoms with Crippen LogP contribution in [-0.4, -0.2) is 11.7 Å². The number of aryl methyl sites for hydroxylation is 2. The Hall–Kier alpha value is -2.31. The second kappa shape index (κ2) is 6.74. The first-order valence-corrected chi connectivity index (χ1v) is 6.62. The van der Waals surface area contributed by atoms with Gasteiger partial charge in [0.2, 0.25) is 0 Å². The van der Waals surface area contributed by atoms with E-state index in [1.54, 1.807) is 12.1 Å². The number of nitrogens with zero attached hydrogens (tertiary/aromatic N) is 1. The summed E-state index contributed by atoms with van der Waals surface area (Å²) in [6.07, 6.45) is 1.44. The highest BCUT2D eigenvalue weighted by Gasteiger charge is 2.08. The molecule has 0 aromatic heterocycles. The molecule has 0 radical (unpaired) electrons. The van der Waals surface area contributed by atoms with E-state index >= 15 is 0 Å². The van der Waals surface area contributed by atoms with E-state index in [1.165, 1.54) is 0 Å². The zero-order valence-corrected chi connectivity index (χ0v) is 11.5. The smallest absolute Gasteiger partial charge is 0.145 e. The van der Waals surface area contributed by atoms with E-state index in [9.17, 15) is 0 Å². The molecule has 2 aromatic carbocycles. The van der Waals surface area contributed by atoms with Crippen LogP contribution >= 0.6 is 0 Å². The predicted molar refractivity (Wildman–Crippen MR) is 77.8 cm³/mol. The third-order valence-corrected chi connectivity index (χ3v) is 3.05. The highest BCUT2D eigenvalue weighted by atomic mass is 16.5. The maximum atomic E-state index is 9.10. The average molecular weight is 267 g/mol. The van der Waals surface area contributed by atoms with Gasteiger partial charge in [-0.25, -0.2) is 0 Å². The lowest BCUT2D eigenvalue weighted by molar-refractivity contribution is 0.288. The molecule has 2 aromatic rings. The van der Waals surface area contributed by atoms with Gasteiger partial charge in [0.05, 0.1) is 5.56 Å².